The fraction of sp³-hybridized carbons (Fsp3) is 0.917. The average molecular weight is 200 g/mol. The van der Waals surface area contributed by atoms with E-state index in [1.807, 2.05) is 6.92 Å². The average Bonchev–Trinajstić information content (AvgIpc) is 2.04. The highest BCUT2D eigenvalue weighted by atomic mass is 16.5. The molecule has 84 valence electrons. The van der Waals surface area contributed by atoms with Crippen LogP contribution in [0.15, 0.2) is 0 Å². The zero-order valence-electron chi connectivity index (χ0n) is 10.1. The van der Waals surface area contributed by atoms with Crippen LogP contribution in [0.5, 0.6) is 0 Å². The van der Waals surface area contributed by atoms with E-state index in [0.717, 1.165) is 25.7 Å². The lowest BCUT2D eigenvalue weighted by Gasteiger charge is -2.27. The molecule has 0 saturated carbocycles. The minimum Gasteiger partial charge on any atom is -0.466 e. The molecule has 2 nitrogen and oxygen atoms in total. The maximum atomic E-state index is 11.4. The second kappa shape index (κ2) is 6.86. The first-order chi connectivity index (χ1) is 6.58. The van der Waals surface area contributed by atoms with Crippen LogP contribution in [-0.4, -0.2) is 12.6 Å². The molecule has 0 amide bonds. The molecule has 0 aromatic carbocycles. The molecule has 0 aliphatic carbocycles. The van der Waals surface area contributed by atoms with Crippen molar-refractivity contribution in [1.82, 2.24) is 0 Å². The van der Waals surface area contributed by atoms with Crippen LogP contribution >= 0.6 is 0 Å². The minimum atomic E-state index is -0.0445. The highest BCUT2D eigenvalue weighted by molar-refractivity contribution is 5.70. The summed E-state index contributed by atoms with van der Waals surface area (Å²) >= 11 is 0. The van der Waals surface area contributed by atoms with Crippen LogP contribution < -0.4 is 0 Å². The van der Waals surface area contributed by atoms with Crippen LogP contribution in [0, 0.1) is 5.41 Å². The molecule has 0 heterocycles. The first kappa shape index (κ1) is 13.5. The van der Waals surface area contributed by atoms with Crippen molar-refractivity contribution in [2.45, 2.75) is 59.8 Å². The summed E-state index contributed by atoms with van der Waals surface area (Å²) in [5.74, 6) is -0.0445. The standard InChI is InChI=1S/C12H24O2/c1-5-8-12(4,9-6-2)10-11(13)14-7-3/h5-10H2,1-4H3. The fourth-order valence-corrected chi connectivity index (χ4v) is 2.07. The van der Waals surface area contributed by atoms with E-state index >= 15 is 0 Å². The van der Waals surface area contributed by atoms with E-state index in [-0.39, 0.29) is 11.4 Å². The lowest BCUT2D eigenvalue weighted by Crippen LogP contribution is -2.22. The van der Waals surface area contributed by atoms with Crippen molar-refractivity contribution in [3.05, 3.63) is 0 Å². The Morgan fingerprint density at radius 1 is 1.14 bits per heavy atom. The van der Waals surface area contributed by atoms with E-state index in [4.69, 9.17) is 4.74 Å². The second-order valence-corrected chi connectivity index (χ2v) is 4.29. The third-order valence-electron chi connectivity index (χ3n) is 2.58. The molecule has 0 aromatic rings. The second-order valence-electron chi connectivity index (χ2n) is 4.29. The fourth-order valence-electron chi connectivity index (χ4n) is 2.07. The van der Waals surface area contributed by atoms with E-state index in [0.29, 0.717) is 13.0 Å². The van der Waals surface area contributed by atoms with Crippen LogP contribution in [0.4, 0.5) is 0 Å². The summed E-state index contributed by atoms with van der Waals surface area (Å²) in [4.78, 5) is 11.4. The van der Waals surface area contributed by atoms with E-state index < -0.39 is 0 Å². The van der Waals surface area contributed by atoms with Crippen molar-refractivity contribution < 1.29 is 9.53 Å². The Labute approximate surface area is 88.0 Å². The van der Waals surface area contributed by atoms with Gasteiger partial charge in [-0.25, -0.2) is 0 Å². The van der Waals surface area contributed by atoms with Crippen LogP contribution in [0.1, 0.15) is 59.8 Å². The van der Waals surface area contributed by atoms with Gasteiger partial charge >= 0.3 is 5.97 Å². The van der Waals surface area contributed by atoms with Crippen molar-refractivity contribution in [2.24, 2.45) is 5.41 Å². The van der Waals surface area contributed by atoms with E-state index in [2.05, 4.69) is 20.8 Å². The molecule has 0 N–H and O–H groups in total. The lowest BCUT2D eigenvalue weighted by molar-refractivity contribution is -0.145. The Kier molecular flexibility index (Phi) is 6.60. The third-order valence-corrected chi connectivity index (χ3v) is 2.58. The summed E-state index contributed by atoms with van der Waals surface area (Å²) in [6.07, 6.45) is 5.06. The monoisotopic (exact) mass is 200 g/mol. The summed E-state index contributed by atoms with van der Waals surface area (Å²) < 4.78 is 4.99. The Morgan fingerprint density at radius 3 is 2.00 bits per heavy atom. The molecule has 0 aliphatic heterocycles. The van der Waals surface area contributed by atoms with Gasteiger partial charge in [-0.3, -0.25) is 4.79 Å². The van der Waals surface area contributed by atoms with Gasteiger partial charge < -0.3 is 4.74 Å². The lowest BCUT2D eigenvalue weighted by atomic mass is 9.78. The third kappa shape index (κ3) is 5.25. The highest BCUT2D eigenvalue weighted by Gasteiger charge is 2.26. The van der Waals surface area contributed by atoms with Crippen molar-refractivity contribution >= 4 is 5.97 Å². The summed E-state index contributed by atoms with van der Waals surface area (Å²) in [6.45, 7) is 8.87. The Hall–Kier alpha value is -0.530. The number of ether oxygens (including phenoxy) is 1. The van der Waals surface area contributed by atoms with Crippen molar-refractivity contribution in [1.29, 1.82) is 0 Å². The van der Waals surface area contributed by atoms with Crippen molar-refractivity contribution in [3.63, 3.8) is 0 Å². The van der Waals surface area contributed by atoms with Gasteiger partial charge in [0.05, 0.1) is 13.0 Å². The van der Waals surface area contributed by atoms with Gasteiger partial charge in [-0.1, -0.05) is 33.6 Å². The molecule has 14 heavy (non-hydrogen) atoms. The topological polar surface area (TPSA) is 26.3 Å². The van der Waals surface area contributed by atoms with Gasteiger partial charge in [-0.2, -0.15) is 0 Å². The first-order valence-corrected chi connectivity index (χ1v) is 5.73. The largest absolute Gasteiger partial charge is 0.466 e. The molecule has 0 bridgehead atoms. The zero-order chi connectivity index (χ0) is 11.0. The predicted molar refractivity (Wildman–Crippen MR) is 59.2 cm³/mol. The Bertz CT molecular complexity index is 158. The molecule has 0 rings (SSSR count). The maximum absolute atomic E-state index is 11.4. The number of carbonyl (C=O) groups is 1. The summed E-state index contributed by atoms with van der Waals surface area (Å²) in [7, 11) is 0. The van der Waals surface area contributed by atoms with E-state index in [1.54, 1.807) is 0 Å². The summed E-state index contributed by atoms with van der Waals surface area (Å²) in [5.41, 5.74) is 0.149. The molecule has 0 aliphatic rings. The quantitative estimate of drug-likeness (QED) is 0.587. The number of rotatable bonds is 7. The predicted octanol–water partition coefficient (Wildman–Crippen LogP) is 3.55. The van der Waals surface area contributed by atoms with Gasteiger partial charge in [0.1, 0.15) is 0 Å². The van der Waals surface area contributed by atoms with Gasteiger partial charge in [0.25, 0.3) is 0 Å². The Balaban J connectivity index is 4.12. The molecular formula is C12H24O2. The molecular weight excluding hydrogens is 176 g/mol. The molecule has 0 aromatic heterocycles. The van der Waals surface area contributed by atoms with Gasteiger partial charge in [0.15, 0.2) is 0 Å². The van der Waals surface area contributed by atoms with Gasteiger partial charge in [-0.15, -0.1) is 0 Å². The molecule has 0 fully saturated rings. The van der Waals surface area contributed by atoms with Crippen LogP contribution in [0.2, 0.25) is 0 Å². The summed E-state index contributed by atoms with van der Waals surface area (Å²) in [6, 6.07) is 0. The van der Waals surface area contributed by atoms with E-state index in [1.165, 1.54) is 0 Å². The summed E-state index contributed by atoms with van der Waals surface area (Å²) in [5, 5.41) is 0. The number of carbonyl (C=O) groups excluding carboxylic acids is 1. The molecule has 2 heteroatoms. The zero-order valence-corrected chi connectivity index (χ0v) is 10.1. The van der Waals surface area contributed by atoms with Gasteiger partial charge in [0.2, 0.25) is 0 Å². The van der Waals surface area contributed by atoms with Crippen LogP contribution in [-0.2, 0) is 9.53 Å². The molecule has 0 spiro atoms. The normalized spacial score (nSPS) is 11.4. The first-order valence-electron chi connectivity index (χ1n) is 5.73. The van der Waals surface area contributed by atoms with Crippen LogP contribution in [0.25, 0.3) is 0 Å². The number of esters is 1. The molecule has 0 atom stereocenters. The maximum Gasteiger partial charge on any atom is 0.306 e. The number of hydrogen-bond acceptors (Lipinski definition) is 2. The van der Waals surface area contributed by atoms with Crippen molar-refractivity contribution in [3.8, 4) is 0 Å². The molecule has 0 radical (unpaired) electrons. The SMILES string of the molecule is CCCC(C)(CCC)CC(=O)OCC. The van der Waals surface area contributed by atoms with Gasteiger partial charge in [0, 0.05) is 0 Å². The molecule has 0 saturated heterocycles. The molecule has 0 unspecified atom stereocenters. The smallest absolute Gasteiger partial charge is 0.306 e. The number of hydrogen-bond donors (Lipinski definition) is 0. The highest BCUT2D eigenvalue weighted by Crippen LogP contribution is 2.33. The minimum absolute atomic E-state index is 0.0445. The van der Waals surface area contributed by atoms with Crippen LogP contribution in [0.3, 0.4) is 0 Å². The van der Waals surface area contributed by atoms with Crippen molar-refractivity contribution in [2.75, 3.05) is 6.61 Å². The van der Waals surface area contributed by atoms with Gasteiger partial charge in [-0.05, 0) is 25.2 Å². The van der Waals surface area contributed by atoms with E-state index in [9.17, 15) is 4.79 Å². The Morgan fingerprint density at radius 2 is 1.64 bits per heavy atom.